The molecule has 0 spiro atoms. The molecule has 1 fully saturated rings. The molecule has 0 aliphatic carbocycles. The smallest absolute Gasteiger partial charge is 0.119 e. The van der Waals surface area contributed by atoms with Gasteiger partial charge in [0.25, 0.3) is 0 Å². The summed E-state index contributed by atoms with van der Waals surface area (Å²) in [5.74, 6) is 0.875. The van der Waals surface area contributed by atoms with Crippen molar-refractivity contribution < 1.29 is 14.2 Å². The molecule has 3 nitrogen and oxygen atoms in total. The van der Waals surface area contributed by atoms with Crippen molar-refractivity contribution in [1.29, 1.82) is 0 Å². The van der Waals surface area contributed by atoms with E-state index in [0.717, 1.165) is 17.9 Å². The van der Waals surface area contributed by atoms with Gasteiger partial charge in [-0.25, -0.2) is 0 Å². The van der Waals surface area contributed by atoms with Crippen molar-refractivity contribution in [2.45, 2.75) is 25.7 Å². The maximum absolute atomic E-state index is 5.75. The van der Waals surface area contributed by atoms with Gasteiger partial charge in [-0.05, 0) is 30.2 Å². The van der Waals surface area contributed by atoms with Gasteiger partial charge in [-0.3, -0.25) is 0 Å². The minimum absolute atomic E-state index is 0.0429. The molecule has 0 amide bonds. The maximum atomic E-state index is 5.75. The lowest BCUT2D eigenvalue weighted by Gasteiger charge is -2.09. The van der Waals surface area contributed by atoms with E-state index in [1.807, 2.05) is 42.5 Å². The lowest BCUT2D eigenvalue weighted by Crippen LogP contribution is -2.14. The molecule has 0 saturated carbocycles. The lowest BCUT2D eigenvalue weighted by atomic mass is 10.2. The zero-order chi connectivity index (χ0) is 14.5. The summed E-state index contributed by atoms with van der Waals surface area (Å²) >= 11 is 0. The van der Waals surface area contributed by atoms with Gasteiger partial charge in [-0.2, -0.15) is 0 Å². The fraction of sp³-hybridized carbons (Fsp3) is 0.333. The highest BCUT2D eigenvalue weighted by Gasteiger charge is 2.39. The summed E-state index contributed by atoms with van der Waals surface area (Å²) in [5.41, 5.74) is 2.27. The Bertz CT molecular complexity index is 559. The van der Waals surface area contributed by atoms with Crippen molar-refractivity contribution in [3.8, 4) is 5.75 Å². The summed E-state index contributed by atoms with van der Waals surface area (Å²) in [5, 5.41) is 0. The van der Waals surface area contributed by atoms with E-state index in [9.17, 15) is 0 Å². The van der Waals surface area contributed by atoms with E-state index in [0.29, 0.717) is 19.8 Å². The Labute approximate surface area is 125 Å². The molecule has 1 heterocycles. The van der Waals surface area contributed by atoms with Crippen LogP contribution in [-0.2, 0) is 22.7 Å². The third-order valence-electron chi connectivity index (χ3n) is 3.48. The van der Waals surface area contributed by atoms with Crippen LogP contribution in [0.15, 0.2) is 54.6 Å². The molecule has 1 atom stereocenters. The Morgan fingerprint density at radius 1 is 0.952 bits per heavy atom. The van der Waals surface area contributed by atoms with Crippen molar-refractivity contribution in [1.82, 2.24) is 0 Å². The molecule has 1 unspecified atom stereocenters. The standard InChI is InChI=1S/C18H20O3/c1-18(14-21-18)13-19-11-16-7-9-17(10-8-16)20-12-15-5-3-2-4-6-15/h2-10H,11-14H2,1H3. The van der Waals surface area contributed by atoms with Crippen LogP contribution < -0.4 is 4.74 Å². The number of benzene rings is 2. The molecule has 110 valence electrons. The Morgan fingerprint density at radius 3 is 2.29 bits per heavy atom. The molecule has 0 bridgehead atoms. The number of ether oxygens (including phenoxy) is 3. The van der Waals surface area contributed by atoms with Crippen molar-refractivity contribution in [2.24, 2.45) is 0 Å². The van der Waals surface area contributed by atoms with E-state index in [1.165, 1.54) is 5.56 Å². The van der Waals surface area contributed by atoms with Gasteiger partial charge in [0.05, 0.1) is 19.8 Å². The van der Waals surface area contributed by atoms with Gasteiger partial charge in [-0.15, -0.1) is 0 Å². The van der Waals surface area contributed by atoms with Crippen LogP contribution in [0, 0.1) is 0 Å². The quantitative estimate of drug-likeness (QED) is 0.728. The number of hydrogen-bond acceptors (Lipinski definition) is 3. The summed E-state index contributed by atoms with van der Waals surface area (Å²) < 4.78 is 16.7. The van der Waals surface area contributed by atoms with Crippen LogP contribution >= 0.6 is 0 Å². The molecule has 2 aromatic carbocycles. The van der Waals surface area contributed by atoms with Gasteiger partial charge < -0.3 is 14.2 Å². The topological polar surface area (TPSA) is 31.0 Å². The third kappa shape index (κ3) is 4.31. The number of hydrogen-bond donors (Lipinski definition) is 0. The number of rotatable bonds is 7. The fourth-order valence-corrected chi connectivity index (χ4v) is 2.01. The van der Waals surface area contributed by atoms with Crippen molar-refractivity contribution in [3.63, 3.8) is 0 Å². The Kier molecular flexibility index (Phi) is 4.23. The first-order valence-electron chi connectivity index (χ1n) is 7.21. The van der Waals surface area contributed by atoms with Crippen molar-refractivity contribution >= 4 is 0 Å². The van der Waals surface area contributed by atoms with Crippen molar-refractivity contribution in [2.75, 3.05) is 13.2 Å². The average Bonchev–Trinajstić information content (AvgIpc) is 3.25. The van der Waals surface area contributed by atoms with Crippen LogP contribution in [0.2, 0.25) is 0 Å². The normalized spacial score (nSPS) is 20.2. The summed E-state index contributed by atoms with van der Waals surface area (Å²) in [6.45, 7) is 4.72. The van der Waals surface area contributed by atoms with Gasteiger partial charge in [-0.1, -0.05) is 42.5 Å². The van der Waals surface area contributed by atoms with E-state index < -0.39 is 0 Å². The molecular weight excluding hydrogens is 264 g/mol. The van der Waals surface area contributed by atoms with Crippen LogP contribution in [0.4, 0.5) is 0 Å². The van der Waals surface area contributed by atoms with Gasteiger partial charge >= 0.3 is 0 Å². The van der Waals surface area contributed by atoms with Gasteiger partial charge in [0.15, 0.2) is 0 Å². The van der Waals surface area contributed by atoms with E-state index in [1.54, 1.807) is 0 Å². The minimum atomic E-state index is -0.0429. The first-order chi connectivity index (χ1) is 10.2. The SMILES string of the molecule is CC1(COCc2ccc(OCc3ccccc3)cc2)CO1. The van der Waals surface area contributed by atoms with Crippen LogP contribution in [0.3, 0.4) is 0 Å². The molecule has 1 saturated heterocycles. The molecule has 2 aromatic rings. The highest BCUT2D eigenvalue weighted by atomic mass is 16.6. The molecule has 3 rings (SSSR count). The second kappa shape index (κ2) is 6.29. The summed E-state index contributed by atoms with van der Waals surface area (Å²) in [6, 6.07) is 18.2. The highest BCUT2D eigenvalue weighted by molar-refractivity contribution is 5.27. The first-order valence-corrected chi connectivity index (χ1v) is 7.21. The molecule has 0 radical (unpaired) electrons. The Morgan fingerprint density at radius 2 is 1.62 bits per heavy atom. The third-order valence-corrected chi connectivity index (χ3v) is 3.48. The molecule has 21 heavy (non-hydrogen) atoms. The largest absolute Gasteiger partial charge is 0.489 e. The highest BCUT2D eigenvalue weighted by Crippen LogP contribution is 2.26. The fourth-order valence-electron chi connectivity index (χ4n) is 2.01. The first kappa shape index (κ1) is 14.1. The monoisotopic (exact) mass is 284 g/mol. The molecular formula is C18H20O3. The average molecular weight is 284 g/mol. The van der Waals surface area contributed by atoms with Crippen LogP contribution in [0.1, 0.15) is 18.1 Å². The molecule has 3 heteroatoms. The van der Waals surface area contributed by atoms with Crippen LogP contribution in [-0.4, -0.2) is 18.8 Å². The summed E-state index contributed by atoms with van der Waals surface area (Å²) in [4.78, 5) is 0. The Balaban J connectivity index is 1.45. The number of epoxide rings is 1. The van der Waals surface area contributed by atoms with E-state index in [4.69, 9.17) is 14.2 Å². The summed E-state index contributed by atoms with van der Waals surface area (Å²) in [6.07, 6.45) is 0. The second-order valence-electron chi connectivity index (χ2n) is 5.65. The van der Waals surface area contributed by atoms with E-state index in [2.05, 4.69) is 19.1 Å². The van der Waals surface area contributed by atoms with Gasteiger partial charge in [0.1, 0.15) is 18.0 Å². The second-order valence-corrected chi connectivity index (χ2v) is 5.65. The lowest BCUT2D eigenvalue weighted by molar-refractivity contribution is 0.0742. The molecule has 1 aliphatic heterocycles. The summed E-state index contributed by atoms with van der Waals surface area (Å²) in [7, 11) is 0. The van der Waals surface area contributed by atoms with Gasteiger partial charge in [0, 0.05) is 0 Å². The van der Waals surface area contributed by atoms with Crippen molar-refractivity contribution in [3.05, 3.63) is 65.7 Å². The maximum Gasteiger partial charge on any atom is 0.119 e. The van der Waals surface area contributed by atoms with E-state index in [-0.39, 0.29) is 5.60 Å². The van der Waals surface area contributed by atoms with Crippen LogP contribution in [0.25, 0.3) is 0 Å². The predicted molar refractivity (Wildman–Crippen MR) is 81.2 cm³/mol. The minimum Gasteiger partial charge on any atom is -0.489 e. The zero-order valence-corrected chi connectivity index (χ0v) is 12.2. The van der Waals surface area contributed by atoms with Crippen LogP contribution in [0.5, 0.6) is 5.75 Å². The molecule has 1 aliphatic rings. The van der Waals surface area contributed by atoms with Gasteiger partial charge in [0.2, 0.25) is 0 Å². The zero-order valence-electron chi connectivity index (χ0n) is 12.2. The Hall–Kier alpha value is -1.84. The molecule has 0 N–H and O–H groups in total. The molecule has 0 aromatic heterocycles. The van der Waals surface area contributed by atoms with E-state index >= 15 is 0 Å². The predicted octanol–water partition coefficient (Wildman–Crippen LogP) is 3.57.